The van der Waals surface area contributed by atoms with E-state index in [0.29, 0.717) is 6.54 Å². The SMILES string of the molecule is CC(=O)CC1C(=O)N(Cc2ccccc2)c2ccccc21. The van der Waals surface area contributed by atoms with Crippen molar-refractivity contribution in [2.45, 2.75) is 25.8 Å². The average Bonchev–Trinajstić information content (AvgIpc) is 2.74. The van der Waals surface area contributed by atoms with E-state index >= 15 is 0 Å². The highest BCUT2D eigenvalue weighted by Crippen LogP contribution is 2.39. The molecule has 0 aromatic heterocycles. The van der Waals surface area contributed by atoms with E-state index in [1.54, 1.807) is 4.90 Å². The lowest BCUT2D eigenvalue weighted by Gasteiger charge is -2.18. The van der Waals surface area contributed by atoms with Gasteiger partial charge in [0.15, 0.2) is 0 Å². The van der Waals surface area contributed by atoms with Crippen molar-refractivity contribution in [2.24, 2.45) is 0 Å². The van der Waals surface area contributed by atoms with E-state index in [-0.39, 0.29) is 24.0 Å². The first-order valence-corrected chi connectivity index (χ1v) is 7.10. The first-order chi connectivity index (χ1) is 10.2. The van der Waals surface area contributed by atoms with Gasteiger partial charge in [0.1, 0.15) is 5.78 Å². The number of hydrogen-bond donors (Lipinski definition) is 0. The van der Waals surface area contributed by atoms with Gasteiger partial charge in [0.25, 0.3) is 0 Å². The number of hydrogen-bond acceptors (Lipinski definition) is 2. The van der Waals surface area contributed by atoms with Gasteiger partial charge in [-0.05, 0) is 24.1 Å². The first kappa shape index (κ1) is 13.6. The molecule has 1 aliphatic heterocycles. The summed E-state index contributed by atoms with van der Waals surface area (Å²) in [6, 6.07) is 17.7. The van der Waals surface area contributed by atoms with Gasteiger partial charge in [0.2, 0.25) is 5.91 Å². The number of Topliss-reactive ketones (excluding diaryl/α,β-unsaturated/α-hetero) is 1. The van der Waals surface area contributed by atoms with Gasteiger partial charge in [-0.3, -0.25) is 9.59 Å². The van der Waals surface area contributed by atoms with Crippen molar-refractivity contribution in [3.05, 3.63) is 65.7 Å². The van der Waals surface area contributed by atoms with Crippen molar-refractivity contribution in [1.29, 1.82) is 0 Å². The van der Waals surface area contributed by atoms with E-state index in [1.807, 2.05) is 54.6 Å². The Morgan fingerprint density at radius 2 is 1.71 bits per heavy atom. The summed E-state index contributed by atoms with van der Waals surface area (Å²) in [7, 11) is 0. The number of nitrogens with zero attached hydrogens (tertiary/aromatic N) is 1. The lowest BCUT2D eigenvalue weighted by molar-refractivity contribution is -0.123. The molecule has 3 nitrogen and oxygen atoms in total. The molecule has 1 aliphatic rings. The third-order valence-corrected chi connectivity index (χ3v) is 3.84. The van der Waals surface area contributed by atoms with Crippen molar-refractivity contribution >= 4 is 17.4 Å². The summed E-state index contributed by atoms with van der Waals surface area (Å²) in [5.74, 6) is -0.262. The maximum atomic E-state index is 12.7. The van der Waals surface area contributed by atoms with Crippen molar-refractivity contribution in [2.75, 3.05) is 4.90 Å². The number of para-hydroxylation sites is 1. The number of carbonyl (C=O) groups is 2. The number of fused-ring (bicyclic) bond motifs is 1. The van der Waals surface area contributed by atoms with Crippen LogP contribution in [0, 0.1) is 0 Å². The summed E-state index contributed by atoms with van der Waals surface area (Å²) in [5, 5.41) is 0. The van der Waals surface area contributed by atoms with Gasteiger partial charge in [-0.15, -0.1) is 0 Å². The van der Waals surface area contributed by atoms with Gasteiger partial charge in [0.05, 0.1) is 12.5 Å². The highest BCUT2D eigenvalue weighted by atomic mass is 16.2. The molecule has 2 aromatic carbocycles. The van der Waals surface area contributed by atoms with Crippen molar-refractivity contribution in [3.63, 3.8) is 0 Å². The first-order valence-electron chi connectivity index (χ1n) is 7.10. The number of ketones is 1. The third kappa shape index (κ3) is 2.59. The minimum atomic E-state index is -0.331. The molecule has 0 radical (unpaired) electrons. The standard InChI is InChI=1S/C18H17NO2/c1-13(20)11-16-15-9-5-6-10-17(15)19(18(16)21)12-14-7-3-2-4-8-14/h2-10,16H,11-12H2,1H3. The molecule has 21 heavy (non-hydrogen) atoms. The van der Waals surface area contributed by atoms with Gasteiger partial charge < -0.3 is 4.90 Å². The Morgan fingerprint density at radius 1 is 1.05 bits per heavy atom. The zero-order valence-corrected chi connectivity index (χ0v) is 12.0. The number of carbonyl (C=O) groups excluding carboxylic acids is 2. The predicted octanol–water partition coefficient (Wildman–Crippen LogP) is 3.30. The van der Waals surface area contributed by atoms with E-state index in [9.17, 15) is 9.59 Å². The van der Waals surface area contributed by atoms with Gasteiger partial charge >= 0.3 is 0 Å². The summed E-state index contributed by atoms with van der Waals surface area (Å²) in [6.07, 6.45) is 0.279. The van der Waals surface area contributed by atoms with Crippen LogP contribution in [0.1, 0.15) is 30.4 Å². The number of amides is 1. The molecule has 1 heterocycles. The Hall–Kier alpha value is -2.42. The molecule has 1 atom stereocenters. The minimum Gasteiger partial charge on any atom is -0.307 e. The molecule has 0 N–H and O–H groups in total. The predicted molar refractivity (Wildman–Crippen MR) is 82.1 cm³/mol. The highest BCUT2D eigenvalue weighted by molar-refractivity contribution is 6.06. The fraction of sp³-hybridized carbons (Fsp3) is 0.222. The molecular weight excluding hydrogens is 262 g/mol. The molecule has 0 fully saturated rings. The van der Waals surface area contributed by atoms with Gasteiger partial charge in [-0.25, -0.2) is 0 Å². The van der Waals surface area contributed by atoms with Crippen LogP contribution in [-0.4, -0.2) is 11.7 Å². The van der Waals surface area contributed by atoms with Crippen LogP contribution in [0.2, 0.25) is 0 Å². The molecule has 0 saturated heterocycles. The zero-order valence-electron chi connectivity index (χ0n) is 12.0. The Morgan fingerprint density at radius 3 is 2.43 bits per heavy atom. The van der Waals surface area contributed by atoms with Crippen LogP contribution in [0.15, 0.2) is 54.6 Å². The molecule has 106 valence electrons. The second-order valence-corrected chi connectivity index (χ2v) is 5.43. The maximum absolute atomic E-state index is 12.7. The quantitative estimate of drug-likeness (QED) is 0.861. The smallest absolute Gasteiger partial charge is 0.235 e. The van der Waals surface area contributed by atoms with Crippen LogP contribution >= 0.6 is 0 Å². The topological polar surface area (TPSA) is 37.4 Å². The highest BCUT2D eigenvalue weighted by Gasteiger charge is 2.37. The van der Waals surface area contributed by atoms with Gasteiger partial charge in [0, 0.05) is 12.1 Å². The van der Waals surface area contributed by atoms with Crippen LogP contribution in [0.25, 0.3) is 0 Å². The van der Waals surface area contributed by atoms with Gasteiger partial charge in [-0.2, -0.15) is 0 Å². The Kier molecular flexibility index (Phi) is 3.57. The molecule has 1 amide bonds. The minimum absolute atomic E-state index is 0.0234. The van der Waals surface area contributed by atoms with Crippen LogP contribution in [-0.2, 0) is 16.1 Å². The molecule has 3 rings (SSSR count). The third-order valence-electron chi connectivity index (χ3n) is 3.84. The van der Waals surface area contributed by atoms with Gasteiger partial charge in [-0.1, -0.05) is 48.5 Å². The van der Waals surface area contributed by atoms with Crippen LogP contribution in [0.4, 0.5) is 5.69 Å². The summed E-state index contributed by atoms with van der Waals surface area (Å²) in [5.41, 5.74) is 2.98. The van der Waals surface area contributed by atoms with Crippen molar-refractivity contribution < 1.29 is 9.59 Å². The fourth-order valence-corrected chi connectivity index (χ4v) is 2.88. The van der Waals surface area contributed by atoms with E-state index in [4.69, 9.17) is 0 Å². The normalized spacial score (nSPS) is 16.9. The molecule has 0 aliphatic carbocycles. The average molecular weight is 279 g/mol. The monoisotopic (exact) mass is 279 g/mol. The molecule has 3 heteroatoms. The molecule has 0 saturated carbocycles. The summed E-state index contributed by atoms with van der Waals surface area (Å²) >= 11 is 0. The van der Waals surface area contributed by atoms with Crippen molar-refractivity contribution in [3.8, 4) is 0 Å². The van der Waals surface area contributed by atoms with E-state index < -0.39 is 0 Å². The lowest BCUT2D eigenvalue weighted by Crippen LogP contribution is -2.28. The van der Waals surface area contributed by atoms with Crippen LogP contribution in [0.5, 0.6) is 0 Å². The summed E-state index contributed by atoms with van der Waals surface area (Å²) in [4.78, 5) is 25.9. The summed E-state index contributed by atoms with van der Waals surface area (Å²) < 4.78 is 0. The molecule has 2 aromatic rings. The molecular formula is C18H17NO2. The second kappa shape index (κ2) is 5.52. The van der Waals surface area contributed by atoms with Crippen LogP contribution < -0.4 is 4.90 Å². The second-order valence-electron chi connectivity index (χ2n) is 5.43. The molecule has 0 spiro atoms. The lowest BCUT2D eigenvalue weighted by atomic mass is 9.96. The van der Waals surface area contributed by atoms with Crippen molar-refractivity contribution in [1.82, 2.24) is 0 Å². The van der Waals surface area contributed by atoms with E-state index in [2.05, 4.69) is 0 Å². The zero-order chi connectivity index (χ0) is 14.8. The Labute approximate surface area is 124 Å². The number of anilines is 1. The largest absolute Gasteiger partial charge is 0.307 e. The number of rotatable bonds is 4. The van der Waals surface area contributed by atoms with E-state index in [0.717, 1.165) is 16.8 Å². The Bertz CT molecular complexity index is 679. The van der Waals surface area contributed by atoms with E-state index in [1.165, 1.54) is 6.92 Å². The number of benzene rings is 2. The summed E-state index contributed by atoms with van der Waals surface area (Å²) in [6.45, 7) is 2.08. The fourth-order valence-electron chi connectivity index (χ4n) is 2.88. The Balaban J connectivity index is 1.95. The molecule has 0 bridgehead atoms. The van der Waals surface area contributed by atoms with Crippen LogP contribution in [0.3, 0.4) is 0 Å². The maximum Gasteiger partial charge on any atom is 0.235 e. The molecule has 1 unspecified atom stereocenters.